The lowest BCUT2D eigenvalue weighted by Gasteiger charge is -2.30. The van der Waals surface area contributed by atoms with Crippen LogP contribution in [-0.4, -0.2) is 83.5 Å². The fraction of sp³-hybridized carbons (Fsp3) is 0.565. The number of nitrogens with two attached hydrogens (primary N) is 1. The Morgan fingerprint density at radius 2 is 2.06 bits per heavy atom. The number of halogens is 1. The zero-order valence-electron chi connectivity index (χ0n) is 19.3. The van der Waals surface area contributed by atoms with Crippen LogP contribution in [-0.2, 0) is 14.4 Å². The summed E-state index contributed by atoms with van der Waals surface area (Å²) in [5, 5.41) is 4.33. The van der Waals surface area contributed by atoms with Crippen molar-refractivity contribution in [3.63, 3.8) is 0 Å². The second-order valence-corrected chi connectivity index (χ2v) is 11.8. The molecule has 4 atom stereocenters. The smallest absolute Gasteiger partial charge is 0.272 e. The van der Waals surface area contributed by atoms with Gasteiger partial charge in [0, 0.05) is 25.1 Å². The van der Waals surface area contributed by atoms with Gasteiger partial charge in [-0.15, -0.1) is 11.3 Å². The maximum Gasteiger partial charge on any atom is 0.272 e. The van der Waals surface area contributed by atoms with Crippen LogP contribution in [0.3, 0.4) is 0 Å². The molecule has 0 saturated carbocycles. The van der Waals surface area contributed by atoms with Crippen molar-refractivity contribution >= 4 is 40.7 Å². The molecule has 0 unspecified atom stereocenters. The van der Waals surface area contributed by atoms with Crippen LogP contribution in [0, 0.1) is 11.8 Å². The van der Waals surface area contributed by atoms with Gasteiger partial charge in [0.25, 0.3) is 5.91 Å². The third-order valence-corrected chi connectivity index (χ3v) is 8.57. The molecule has 3 aliphatic rings. The summed E-state index contributed by atoms with van der Waals surface area (Å²) in [6.07, 6.45) is 2.51. The highest BCUT2D eigenvalue weighted by atomic mass is 35.5. The number of primary amides is 1. The Labute approximate surface area is 207 Å². The van der Waals surface area contributed by atoms with Crippen LogP contribution < -0.4 is 5.73 Å². The Balaban J connectivity index is 1.35. The van der Waals surface area contributed by atoms with Gasteiger partial charge in [-0.3, -0.25) is 24.2 Å². The number of thiophene rings is 1. The third kappa shape index (κ3) is 4.06. The number of imide groups is 1. The molecule has 3 amide bonds. The molecule has 2 aromatic heterocycles. The summed E-state index contributed by atoms with van der Waals surface area (Å²) in [5.74, 6) is -0.745. The Kier molecular flexibility index (Phi) is 6.04. The van der Waals surface area contributed by atoms with Gasteiger partial charge in [-0.05, 0) is 31.5 Å². The minimum absolute atomic E-state index is 0.0508. The van der Waals surface area contributed by atoms with E-state index in [1.807, 2.05) is 32.3 Å². The summed E-state index contributed by atoms with van der Waals surface area (Å²) in [7, 11) is 3.84. The number of quaternary nitrogens is 1. The van der Waals surface area contributed by atoms with Crippen molar-refractivity contribution < 1.29 is 23.4 Å². The highest BCUT2D eigenvalue weighted by molar-refractivity contribution is 7.19. The topological polar surface area (TPSA) is 110 Å². The highest BCUT2D eigenvalue weighted by Gasteiger charge is 2.63. The minimum atomic E-state index is -0.448. The van der Waals surface area contributed by atoms with E-state index in [1.54, 1.807) is 0 Å². The van der Waals surface area contributed by atoms with E-state index in [4.69, 9.17) is 21.9 Å². The minimum Gasteiger partial charge on any atom is -0.365 e. The molecule has 0 bridgehead atoms. The largest absolute Gasteiger partial charge is 0.365 e. The van der Waals surface area contributed by atoms with E-state index < -0.39 is 5.92 Å². The van der Waals surface area contributed by atoms with Gasteiger partial charge in [0.1, 0.15) is 5.69 Å². The number of nitrogens with zero attached hydrogens (tertiary/aromatic N) is 4. The molecule has 5 rings (SSSR count). The number of hydrogen-bond acceptors (Lipinski definition) is 7. The van der Waals surface area contributed by atoms with E-state index in [1.165, 1.54) is 16.2 Å². The predicted molar refractivity (Wildman–Crippen MR) is 127 cm³/mol. The maximum absolute atomic E-state index is 13.6. The van der Waals surface area contributed by atoms with Crippen molar-refractivity contribution in [2.45, 2.75) is 31.3 Å². The summed E-state index contributed by atoms with van der Waals surface area (Å²) in [6.45, 7) is 2.05. The molecule has 0 aromatic carbocycles. The average Bonchev–Trinajstić information content (AvgIpc) is 3.53. The molecule has 182 valence electrons. The number of carbonyl (C=O) groups excluding carboxylic acids is 3. The second-order valence-electron chi connectivity index (χ2n) is 10.1. The average molecular weight is 507 g/mol. The standard InChI is InChI=1S/C23H28ClN5O4S/c1-29(2,12-18(25)30)10-4-9-28-22(31)19-14-5-3-8-27(14)21(20(19)23(28)32)13-11-15(33-26-13)16-6-7-17(24)34-16/h6-7,11,14,19-21H,3-5,8-10,12H2,1-2H3,(H-,25,30)/p+1/t14-,19-,20-,21-/m1/s1. The predicted octanol–water partition coefficient (Wildman–Crippen LogP) is 2.13. The number of amides is 3. The van der Waals surface area contributed by atoms with Gasteiger partial charge in [-0.2, -0.15) is 0 Å². The Hall–Kier alpha value is -2.27. The van der Waals surface area contributed by atoms with E-state index in [0.29, 0.717) is 39.8 Å². The number of rotatable bonds is 8. The van der Waals surface area contributed by atoms with Crippen LogP contribution in [0.1, 0.15) is 31.0 Å². The quantitative estimate of drug-likeness (QED) is 0.434. The molecule has 2 aromatic rings. The molecule has 0 spiro atoms. The molecule has 3 saturated heterocycles. The molecule has 3 aliphatic heterocycles. The molecular weight excluding hydrogens is 478 g/mol. The summed E-state index contributed by atoms with van der Waals surface area (Å²) < 4.78 is 6.71. The van der Waals surface area contributed by atoms with Crippen LogP contribution in [0.25, 0.3) is 10.6 Å². The first kappa shape index (κ1) is 23.5. The fourth-order valence-electron chi connectivity index (χ4n) is 5.99. The van der Waals surface area contributed by atoms with Crippen LogP contribution in [0.15, 0.2) is 22.7 Å². The molecule has 2 N–H and O–H groups in total. The van der Waals surface area contributed by atoms with Crippen LogP contribution in [0.4, 0.5) is 0 Å². The second kappa shape index (κ2) is 8.75. The number of carbonyl (C=O) groups is 3. The number of likely N-dealkylation sites (tertiary alicyclic amines) is 1. The lowest BCUT2D eigenvalue weighted by Crippen LogP contribution is -2.48. The Bertz CT molecular complexity index is 1130. The monoisotopic (exact) mass is 506 g/mol. The van der Waals surface area contributed by atoms with E-state index in [0.717, 1.165) is 24.3 Å². The van der Waals surface area contributed by atoms with Crippen molar-refractivity contribution in [2.24, 2.45) is 17.6 Å². The van der Waals surface area contributed by atoms with Crippen LogP contribution in [0.2, 0.25) is 4.34 Å². The molecular formula is C23H29ClN5O4S+. The molecule has 11 heteroatoms. The highest BCUT2D eigenvalue weighted by Crippen LogP contribution is 2.53. The number of fused-ring (bicyclic) bond motifs is 3. The van der Waals surface area contributed by atoms with Crippen LogP contribution >= 0.6 is 22.9 Å². The summed E-state index contributed by atoms with van der Waals surface area (Å²) in [6, 6.07) is 5.36. The van der Waals surface area contributed by atoms with Gasteiger partial charge in [-0.25, -0.2) is 0 Å². The summed E-state index contributed by atoms with van der Waals surface area (Å²) in [5.41, 5.74) is 6.04. The van der Waals surface area contributed by atoms with E-state index in [-0.39, 0.29) is 42.3 Å². The number of hydrogen-bond donors (Lipinski definition) is 1. The van der Waals surface area contributed by atoms with Crippen molar-refractivity contribution in [2.75, 3.05) is 40.3 Å². The Morgan fingerprint density at radius 3 is 2.76 bits per heavy atom. The normalized spacial score (nSPS) is 27.0. The van der Waals surface area contributed by atoms with Crippen LogP contribution in [0.5, 0.6) is 0 Å². The lowest BCUT2D eigenvalue weighted by atomic mass is 9.86. The molecule has 9 nitrogen and oxygen atoms in total. The third-order valence-electron chi connectivity index (χ3n) is 7.32. The summed E-state index contributed by atoms with van der Waals surface area (Å²) >= 11 is 7.48. The molecule has 0 radical (unpaired) electrons. The molecule has 34 heavy (non-hydrogen) atoms. The number of likely N-dealkylation sites (N-methyl/N-ethyl adjacent to an activating group) is 1. The number of aromatic nitrogens is 1. The zero-order chi connectivity index (χ0) is 24.2. The van der Waals surface area contributed by atoms with Crippen molar-refractivity contribution in [3.8, 4) is 10.6 Å². The SMILES string of the molecule is C[N+](C)(CCCN1C(=O)[C@@H]2[C@H](C1=O)[C@H]1CCCN1[C@@H]2c1cc(-c2ccc(Cl)s2)on1)CC(N)=O. The zero-order valence-corrected chi connectivity index (χ0v) is 20.8. The van der Waals surface area contributed by atoms with Crippen molar-refractivity contribution in [1.29, 1.82) is 0 Å². The lowest BCUT2D eigenvalue weighted by molar-refractivity contribution is -0.882. The van der Waals surface area contributed by atoms with Gasteiger partial charge in [0.05, 0.1) is 47.7 Å². The first-order valence-corrected chi connectivity index (χ1v) is 12.8. The van der Waals surface area contributed by atoms with E-state index in [9.17, 15) is 14.4 Å². The Morgan fingerprint density at radius 1 is 1.29 bits per heavy atom. The summed E-state index contributed by atoms with van der Waals surface area (Å²) in [4.78, 5) is 42.9. The first-order chi connectivity index (χ1) is 16.2. The van der Waals surface area contributed by atoms with E-state index in [2.05, 4.69) is 10.1 Å². The van der Waals surface area contributed by atoms with Crippen molar-refractivity contribution in [1.82, 2.24) is 15.0 Å². The molecule has 5 heterocycles. The maximum atomic E-state index is 13.6. The first-order valence-electron chi connectivity index (χ1n) is 11.6. The van der Waals surface area contributed by atoms with Crippen molar-refractivity contribution in [3.05, 3.63) is 28.2 Å². The van der Waals surface area contributed by atoms with Gasteiger partial charge in [0.2, 0.25) is 11.8 Å². The molecule has 3 fully saturated rings. The molecule has 0 aliphatic carbocycles. The van der Waals surface area contributed by atoms with E-state index >= 15 is 0 Å². The van der Waals surface area contributed by atoms with Gasteiger partial charge >= 0.3 is 0 Å². The van der Waals surface area contributed by atoms with Gasteiger partial charge in [-0.1, -0.05) is 16.8 Å². The fourth-order valence-corrected chi connectivity index (χ4v) is 6.98. The van der Waals surface area contributed by atoms with Gasteiger partial charge in [0.15, 0.2) is 12.3 Å². The van der Waals surface area contributed by atoms with Gasteiger partial charge < -0.3 is 14.7 Å².